The van der Waals surface area contributed by atoms with Crippen molar-refractivity contribution < 1.29 is 22.4 Å². The van der Waals surface area contributed by atoms with Crippen LogP contribution in [-0.4, -0.2) is 5.91 Å². The molecular weight excluding hydrogens is 535 g/mol. The topological polar surface area (TPSA) is 42.2 Å². The van der Waals surface area contributed by atoms with Gasteiger partial charge in [0.05, 0.1) is 11.7 Å². The van der Waals surface area contributed by atoms with E-state index >= 15 is 0 Å². The van der Waals surface area contributed by atoms with Crippen LogP contribution in [0.15, 0.2) is 23.3 Å². The molecule has 1 amide bonds. The number of rotatable bonds is 3. The first-order valence-corrected chi connectivity index (χ1v) is 16.7. The van der Waals surface area contributed by atoms with Gasteiger partial charge in [-0.05, 0) is 129 Å². The normalized spacial score (nSPS) is 40.4. The lowest BCUT2D eigenvalue weighted by atomic mass is 9.36. The molecule has 3 nitrogen and oxygen atoms in total. The molecule has 5 aliphatic carbocycles. The maximum absolute atomic E-state index is 13.9. The van der Waals surface area contributed by atoms with Crippen LogP contribution in [0.25, 0.3) is 0 Å². The van der Waals surface area contributed by atoms with Gasteiger partial charge >= 0.3 is 6.18 Å². The Morgan fingerprint density at radius 3 is 2.36 bits per heavy atom. The van der Waals surface area contributed by atoms with E-state index in [-0.39, 0.29) is 18.0 Å². The number of amides is 1. The third-order valence-electron chi connectivity index (χ3n) is 13.5. The number of furan rings is 1. The number of carbonyl (C=O) groups excluding carboxylic acids is 1. The van der Waals surface area contributed by atoms with Crippen LogP contribution in [0, 0.1) is 58.2 Å². The van der Waals surface area contributed by atoms with Crippen LogP contribution in [0.3, 0.4) is 0 Å². The summed E-state index contributed by atoms with van der Waals surface area (Å²) in [5.74, 6) is 2.15. The number of fused-ring (bicyclic) bond motifs is 7. The molecule has 5 saturated carbocycles. The van der Waals surface area contributed by atoms with E-state index in [1.165, 1.54) is 44.9 Å². The van der Waals surface area contributed by atoms with Crippen molar-refractivity contribution in [3.8, 4) is 0 Å². The third-order valence-corrected chi connectivity index (χ3v) is 13.5. The standard InChI is InChI=1S/C33H48F3NO2.C3H6/c1-20-19-39-27(33(34,35)36)22(20)18-37-28(38)32-15-6-8-24(32)21-9-10-26-30(4,23(21)11-17-32)16-12-25-29(2,3)13-7-14-31(25,26)5;1-3-2/h19,21,23-26H,6-18H2,1-5H3,(H,37,38);3H,1H2,2H3. The van der Waals surface area contributed by atoms with Gasteiger partial charge in [0.1, 0.15) is 0 Å². The Hall–Kier alpha value is -1.72. The number of hydrogen-bond donors (Lipinski definition) is 1. The van der Waals surface area contributed by atoms with Gasteiger partial charge in [-0.15, -0.1) is 6.58 Å². The molecule has 0 bridgehead atoms. The molecule has 5 fully saturated rings. The van der Waals surface area contributed by atoms with Crippen LogP contribution in [-0.2, 0) is 17.5 Å². The van der Waals surface area contributed by atoms with E-state index in [1.54, 1.807) is 13.0 Å². The zero-order valence-electron chi connectivity index (χ0n) is 26.9. The highest BCUT2D eigenvalue weighted by Crippen LogP contribution is 2.73. The van der Waals surface area contributed by atoms with Crippen LogP contribution in [0.4, 0.5) is 13.2 Å². The summed E-state index contributed by atoms with van der Waals surface area (Å²) in [6, 6.07) is 0. The van der Waals surface area contributed by atoms with Gasteiger partial charge in [-0.3, -0.25) is 4.79 Å². The first-order chi connectivity index (χ1) is 19.7. The molecule has 6 heteroatoms. The smallest absolute Gasteiger partial charge is 0.449 e. The van der Waals surface area contributed by atoms with Crippen molar-refractivity contribution in [3.63, 3.8) is 0 Å². The van der Waals surface area contributed by atoms with E-state index < -0.39 is 17.4 Å². The van der Waals surface area contributed by atoms with Gasteiger partial charge in [0.2, 0.25) is 11.7 Å². The number of carbonyl (C=O) groups is 1. The van der Waals surface area contributed by atoms with Gasteiger partial charge in [0, 0.05) is 12.1 Å². The fraction of sp³-hybridized carbons (Fsp3) is 0.806. The molecule has 1 heterocycles. The fourth-order valence-electron chi connectivity index (χ4n) is 12.0. The first-order valence-electron chi connectivity index (χ1n) is 16.7. The lowest BCUT2D eigenvalue weighted by Gasteiger charge is -2.68. The summed E-state index contributed by atoms with van der Waals surface area (Å²) in [5.41, 5.74) is 1.25. The van der Waals surface area contributed by atoms with Gasteiger partial charge in [-0.1, -0.05) is 46.6 Å². The Morgan fingerprint density at radius 2 is 1.67 bits per heavy atom. The van der Waals surface area contributed by atoms with Gasteiger partial charge in [-0.2, -0.15) is 13.2 Å². The molecule has 0 aromatic carbocycles. The highest BCUT2D eigenvalue weighted by molar-refractivity contribution is 5.83. The molecule has 0 aliphatic heterocycles. The van der Waals surface area contributed by atoms with E-state index in [2.05, 4.69) is 39.6 Å². The van der Waals surface area contributed by atoms with Gasteiger partial charge < -0.3 is 9.73 Å². The van der Waals surface area contributed by atoms with Crippen LogP contribution >= 0.6 is 0 Å². The minimum Gasteiger partial charge on any atom is -0.459 e. The quantitative estimate of drug-likeness (QED) is 0.357. The monoisotopic (exact) mass is 589 g/mol. The van der Waals surface area contributed by atoms with E-state index in [9.17, 15) is 18.0 Å². The van der Waals surface area contributed by atoms with Crippen LogP contribution in [0.2, 0.25) is 0 Å². The van der Waals surface area contributed by atoms with Crippen LogP contribution < -0.4 is 5.32 Å². The Balaban J connectivity index is 0.00000113. The number of halogens is 3. The minimum atomic E-state index is -4.56. The average Bonchev–Trinajstić information content (AvgIpc) is 3.51. The Labute approximate surface area is 251 Å². The molecule has 1 aromatic rings. The first kappa shape index (κ1) is 31.7. The zero-order valence-corrected chi connectivity index (χ0v) is 26.9. The molecule has 236 valence electrons. The Kier molecular flexibility index (Phi) is 8.31. The molecule has 0 radical (unpaired) electrons. The minimum absolute atomic E-state index is 0.0193. The van der Waals surface area contributed by atoms with Crippen LogP contribution in [0.1, 0.15) is 129 Å². The van der Waals surface area contributed by atoms with Crippen molar-refractivity contribution in [1.82, 2.24) is 5.32 Å². The highest BCUT2D eigenvalue weighted by Gasteiger charge is 2.66. The molecule has 1 aromatic heterocycles. The van der Waals surface area contributed by atoms with E-state index in [1.807, 2.05) is 6.92 Å². The van der Waals surface area contributed by atoms with E-state index in [4.69, 9.17) is 4.42 Å². The molecule has 1 N–H and O–H groups in total. The van der Waals surface area contributed by atoms with Crippen molar-refractivity contribution in [2.24, 2.45) is 51.2 Å². The SMILES string of the molecule is C=CC.Cc1coc(C(F)(F)F)c1CNC(=O)C12CCCC1C1CCC3C(C)(CCC4C(C)(C)CCCC43C)C1CC2. The van der Waals surface area contributed by atoms with Crippen molar-refractivity contribution in [2.75, 3.05) is 0 Å². The van der Waals surface area contributed by atoms with Crippen LogP contribution in [0.5, 0.6) is 0 Å². The summed E-state index contributed by atoms with van der Waals surface area (Å²) < 4.78 is 45.3. The Morgan fingerprint density at radius 1 is 0.952 bits per heavy atom. The fourth-order valence-corrected chi connectivity index (χ4v) is 12.0. The zero-order chi connectivity index (χ0) is 30.7. The second kappa shape index (κ2) is 11.0. The number of nitrogens with one attached hydrogen (secondary N) is 1. The maximum Gasteiger partial charge on any atom is 0.449 e. The molecule has 0 spiro atoms. The van der Waals surface area contributed by atoms with Crippen molar-refractivity contribution in [3.05, 3.63) is 35.8 Å². The van der Waals surface area contributed by atoms with Crippen molar-refractivity contribution in [1.29, 1.82) is 0 Å². The molecule has 8 atom stereocenters. The molecule has 6 rings (SSSR count). The summed E-state index contributed by atoms with van der Waals surface area (Å²) in [6.45, 7) is 17.0. The second-order valence-electron chi connectivity index (χ2n) is 15.9. The second-order valence-corrected chi connectivity index (χ2v) is 15.9. The number of hydrogen-bond acceptors (Lipinski definition) is 2. The largest absolute Gasteiger partial charge is 0.459 e. The molecular formula is C36H54F3NO2. The van der Waals surface area contributed by atoms with E-state index in [0.29, 0.717) is 39.6 Å². The van der Waals surface area contributed by atoms with Gasteiger partial charge in [0.15, 0.2) is 0 Å². The van der Waals surface area contributed by atoms with Gasteiger partial charge in [0.25, 0.3) is 0 Å². The number of allylic oxidation sites excluding steroid dienone is 1. The average molecular weight is 590 g/mol. The summed E-state index contributed by atoms with van der Waals surface area (Å²) in [5, 5.41) is 2.98. The molecule has 0 saturated heterocycles. The van der Waals surface area contributed by atoms with Gasteiger partial charge in [-0.25, -0.2) is 0 Å². The third kappa shape index (κ3) is 4.89. The predicted molar refractivity (Wildman–Crippen MR) is 161 cm³/mol. The highest BCUT2D eigenvalue weighted by atomic mass is 19.4. The molecule has 42 heavy (non-hydrogen) atoms. The number of alkyl halides is 3. The lowest BCUT2D eigenvalue weighted by molar-refractivity contribution is -0.196. The summed E-state index contributed by atoms with van der Waals surface area (Å²) in [4.78, 5) is 13.9. The predicted octanol–water partition coefficient (Wildman–Crippen LogP) is 10.3. The summed E-state index contributed by atoms with van der Waals surface area (Å²) in [6.07, 6.45) is 12.5. The summed E-state index contributed by atoms with van der Waals surface area (Å²) >= 11 is 0. The summed E-state index contributed by atoms with van der Waals surface area (Å²) in [7, 11) is 0. The molecule has 5 aliphatic rings. The Bertz CT molecular complexity index is 1170. The molecule has 8 unspecified atom stereocenters. The van der Waals surface area contributed by atoms with Crippen molar-refractivity contribution >= 4 is 5.91 Å². The maximum atomic E-state index is 13.9. The van der Waals surface area contributed by atoms with Crippen molar-refractivity contribution in [2.45, 2.75) is 131 Å². The van der Waals surface area contributed by atoms with E-state index in [0.717, 1.165) is 50.2 Å². The number of aryl methyl sites for hydroxylation is 1. The lowest BCUT2D eigenvalue weighted by Crippen LogP contribution is -2.62.